The van der Waals surface area contributed by atoms with Crippen LogP contribution in [-0.2, 0) is 26.9 Å². The number of aryl methyl sites for hydroxylation is 2. The molecule has 1 N–H and O–H groups in total. The molecule has 2 saturated carbocycles. The number of hydrogen-bond donors (Lipinski definition) is 1. The largest absolute Gasteiger partial charge is 0.438 e. The number of anilines is 1. The molecule has 15 nitrogen and oxygen atoms in total. The van der Waals surface area contributed by atoms with E-state index >= 15 is 14.0 Å². The zero-order valence-electron chi connectivity index (χ0n) is 39.6. The average molecular weight is 932 g/mol. The predicted molar refractivity (Wildman–Crippen MR) is 254 cm³/mol. The van der Waals surface area contributed by atoms with E-state index < -0.39 is 22.8 Å². The fourth-order valence-electron chi connectivity index (χ4n) is 13.0. The first kappa shape index (κ1) is 42.3. The minimum Gasteiger partial charge on any atom is -0.376 e. The van der Waals surface area contributed by atoms with Gasteiger partial charge in [0, 0.05) is 60.7 Å². The summed E-state index contributed by atoms with van der Waals surface area (Å²) >= 11 is 0. The number of carbonyl (C=O) groups is 2. The van der Waals surface area contributed by atoms with Gasteiger partial charge in [0.15, 0.2) is 5.82 Å². The van der Waals surface area contributed by atoms with Crippen LogP contribution in [0.4, 0.5) is 10.1 Å². The number of aromatic nitrogens is 7. The second kappa shape index (κ2) is 14.4. The summed E-state index contributed by atoms with van der Waals surface area (Å²) in [6, 6.07) is 17.1. The molecule has 2 bridgehead atoms. The molecule has 16 heteroatoms. The molecule has 4 aliphatic heterocycles. The van der Waals surface area contributed by atoms with Crippen molar-refractivity contribution >= 4 is 28.4 Å². The van der Waals surface area contributed by atoms with Crippen molar-refractivity contribution in [2.24, 2.45) is 5.92 Å². The van der Waals surface area contributed by atoms with Gasteiger partial charge in [0.1, 0.15) is 22.9 Å². The molecule has 354 valence electrons. The van der Waals surface area contributed by atoms with E-state index in [2.05, 4.69) is 53.7 Å². The molecule has 4 aromatic heterocycles. The monoisotopic (exact) mass is 931 g/mol. The number of carbonyl (C=O) groups excluding carboxylic acids is 2. The molecule has 2 saturated heterocycles. The van der Waals surface area contributed by atoms with Crippen LogP contribution < -0.4 is 16.3 Å². The van der Waals surface area contributed by atoms with Crippen LogP contribution in [0, 0.1) is 25.6 Å². The lowest BCUT2D eigenvalue weighted by molar-refractivity contribution is -0.119. The Balaban J connectivity index is 0.970. The number of likely N-dealkylation sites (N-methyl/N-ethyl adjacent to an activating group) is 1. The highest BCUT2D eigenvalue weighted by atomic mass is 19.1. The van der Waals surface area contributed by atoms with Crippen LogP contribution >= 0.6 is 0 Å². The van der Waals surface area contributed by atoms with Gasteiger partial charge >= 0.3 is 11.4 Å². The van der Waals surface area contributed by atoms with Gasteiger partial charge in [0.25, 0.3) is 5.91 Å². The lowest BCUT2D eigenvalue weighted by Crippen LogP contribution is -2.50. The maximum absolute atomic E-state index is 16.0. The fraction of sp³-hybridized carbons (Fsp3) is 0.434. The van der Waals surface area contributed by atoms with E-state index in [1.54, 1.807) is 64.1 Å². The van der Waals surface area contributed by atoms with Gasteiger partial charge in [-0.3, -0.25) is 28.2 Å². The zero-order valence-corrected chi connectivity index (χ0v) is 39.6. The summed E-state index contributed by atoms with van der Waals surface area (Å²) in [4.78, 5) is 63.5. The van der Waals surface area contributed by atoms with Crippen LogP contribution in [0.25, 0.3) is 28.1 Å². The minimum atomic E-state index is -0.832. The Morgan fingerprint density at radius 3 is 2.39 bits per heavy atom. The minimum absolute atomic E-state index is 0.0223. The van der Waals surface area contributed by atoms with Gasteiger partial charge < -0.3 is 19.1 Å². The smallest absolute Gasteiger partial charge is 0.376 e. The number of fused-ring (bicyclic) bond motifs is 7. The Labute approximate surface area is 396 Å². The molecular weight excluding hydrogens is 878 g/mol. The van der Waals surface area contributed by atoms with Gasteiger partial charge in [-0.2, -0.15) is 5.10 Å². The highest BCUT2D eigenvalue weighted by Gasteiger charge is 2.60. The first-order valence-electron chi connectivity index (χ1n) is 24.4. The number of amides is 2. The molecule has 69 heavy (non-hydrogen) atoms. The van der Waals surface area contributed by atoms with Crippen molar-refractivity contribution in [2.45, 2.75) is 127 Å². The van der Waals surface area contributed by atoms with Crippen LogP contribution in [0.1, 0.15) is 134 Å². The van der Waals surface area contributed by atoms with Crippen LogP contribution in [0.15, 0.2) is 81.1 Å². The number of halogens is 1. The Morgan fingerprint density at radius 1 is 0.913 bits per heavy atom. The number of hydrogen-bond acceptors (Lipinski definition) is 8. The van der Waals surface area contributed by atoms with Gasteiger partial charge in [-0.1, -0.05) is 18.1 Å². The molecule has 6 aliphatic rings. The van der Waals surface area contributed by atoms with Crippen molar-refractivity contribution in [2.75, 3.05) is 18.6 Å². The van der Waals surface area contributed by atoms with Crippen molar-refractivity contribution in [3.8, 4) is 17.2 Å². The average Bonchev–Trinajstić information content (AvgIpc) is 3.91. The standard InChI is InChI=1S/C53H54FN9O6/c1-28-20-36(21-29(2)44(28)54)63-45(60-18-17-59(50(60)67)34-11-13-40-37(24-34)52(15-16-52)48(65)58(40)6)43-38(56-63)25-35-8-7-9-41(43)61(35)46(64)42-23-33-22-31(32-14-19-68-51(4,5)27-32)10-12-39(33)62(42)53(26-30(53)3)47-55-49(66)69-57-47/h10-13,17-18,20-24,30,32,35,41H,7-9,14-16,19,25-27H2,1-6H3,(H,55,57,66)/t30-,32-,35+,41-,53-/m0/s1. The number of imidazole rings is 1. The number of nitrogens with zero attached hydrogens (tertiary/aromatic N) is 8. The molecule has 0 unspecified atom stereocenters. The van der Waals surface area contributed by atoms with Crippen LogP contribution in [0.2, 0.25) is 0 Å². The summed E-state index contributed by atoms with van der Waals surface area (Å²) in [7, 11) is 1.80. The number of rotatable bonds is 7. The van der Waals surface area contributed by atoms with Crippen LogP contribution in [0.3, 0.4) is 0 Å². The third kappa shape index (κ3) is 5.99. The maximum atomic E-state index is 16.0. The number of ether oxygens (including phenoxy) is 1. The summed E-state index contributed by atoms with van der Waals surface area (Å²) in [5.74, 6) is 0.154. The lowest BCUT2D eigenvalue weighted by atomic mass is 9.82. The highest BCUT2D eigenvalue weighted by molar-refractivity contribution is 6.10. The highest BCUT2D eigenvalue weighted by Crippen LogP contribution is 2.58. The van der Waals surface area contributed by atoms with E-state index in [0.29, 0.717) is 65.7 Å². The fourth-order valence-corrected chi connectivity index (χ4v) is 13.0. The number of H-pyrrole nitrogens is 1. The predicted octanol–water partition coefficient (Wildman–Crippen LogP) is 7.96. The molecule has 5 atom stereocenters. The summed E-state index contributed by atoms with van der Waals surface area (Å²) in [5.41, 5.74) is 6.08. The van der Waals surface area contributed by atoms with Crippen molar-refractivity contribution in [1.82, 2.24) is 38.5 Å². The molecule has 1 spiro atoms. The summed E-state index contributed by atoms with van der Waals surface area (Å²) < 4.78 is 33.6. The first-order valence-corrected chi connectivity index (χ1v) is 24.4. The number of benzene rings is 3. The van der Waals surface area contributed by atoms with Crippen molar-refractivity contribution in [1.29, 1.82) is 0 Å². The van der Waals surface area contributed by atoms with Gasteiger partial charge in [-0.25, -0.2) is 18.7 Å². The molecule has 2 amide bonds. The van der Waals surface area contributed by atoms with Gasteiger partial charge in [0.05, 0.1) is 34.1 Å². The molecule has 13 rings (SSSR count). The number of piperidine rings is 1. The normalized spacial score (nSPS) is 25.1. The molecule has 0 radical (unpaired) electrons. The Bertz CT molecular complexity index is 3470. The first-order chi connectivity index (χ1) is 33.1. The van der Waals surface area contributed by atoms with Gasteiger partial charge in [0.2, 0.25) is 5.91 Å². The van der Waals surface area contributed by atoms with Crippen molar-refractivity contribution in [3.05, 3.63) is 139 Å². The molecule has 4 fully saturated rings. The lowest BCUT2D eigenvalue weighted by Gasteiger charge is -2.46. The van der Waals surface area contributed by atoms with E-state index in [4.69, 9.17) is 14.4 Å². The van der Waals surface area contributed by atoms with Crippen LogP contribution in [0.5, 0.6) is 0 Å². The van der Waals surface area contributed by atoms with Gasteiger partial charge in [-0.05, 0) is 162 Å². The van der Waals surface area contributed by atoms with Crippen molar-refractivity contribution in [3.63, 3.8) is 0 Å². The Hall–Kier alpha value is -6.81. The number of nitrogens with one attached hydrogen (secondary N) is 1. The molecule has 7 aromatic rings. The topological polar surface area (TPSA) is 158 Å². The van der Waals surface area contributed by atoms with E-state index in [0.717, 1.165) is 71.9 Å². The summed E-state index contributed by atoms with van der Waals surface area (Å²) in [6.07, 6.45) is 10.1. The molecular formula is C53H54FN9O6. The second-order valence-corrected chi connectivity index (χ2v) is 21.4. The van der Waals surface area contributed by atoms with Crippen LogP contribution in [-0.4, -0.2) is 75.6 Å². The Kier molecular flexibility index (Phi) is 8.81. The Morgan fingerprint density at radius 2 is 1.68 bits per heavy atom. The molecule has 3 aromatic carbocycles. The van der Waals surface area contributed by atoms with E-state index in [1.165, 1.54) is 5.56 Å². The quantitative estimate of drug-likeness (QED) is 0.169. The third-order valence-electron chi connectivity index (χ3n) is 16.7. The van der Waals surface area contributed by atoms with Crippen molar-refractivity contribution < 1.29 is 23.2 Å². The molecule has 8 heterocycles. The van der Waals surface area contributed by atoms with E-state index in [-0.39, 0.29) is 46.8 Å². The number of aromatic amines is 1. The van der Waals surface area contributed by atoms with Gasteiger partial charge in [-0.15, -0.1) is 0 Å². The summed E-state index contributed by atoms with van der Waals surface area (Å²) in [6.45, 7) is 10.5. The van der Waals surface area contributed by atoms with E-state index in [9.17, 15) is 9.59 Å². The van der Waals surface area contributed by atoms with E-state index in [1.807, 2.05) is 29.2 Å². The SMILES string of the molecule is Cc1cc(-n2nc3c(c2-n2ccn(-c4ccc5c(c4)C4(CC4)C(=O)N5C)c2=O)[C@@H]2CCC[C@H](C3)N2C(=O)c2cc3cc([C@H]4CCOC(C)(C)C4)ccc3n2[C@@]2(c3noc(=O)[nH]3)C[C@@H]2C)cc(C)c1F. The zero-order chi connectivity index (χ0) is 47.6. The third-order valence-corrected chi connectivity index (χ3v) is 16.7. The second-order valence-electron chi connectivity index (χ2n) is 21.4. The maximum Gasteiger partial charge on any atom is 0.438 e. The molecule has 2 aliphatic carbocycles. The summed E-state index contributed by atoms with van der Waals surface area (Å²) in [5, 5.41) is 10.4.